The number of hydrogen-bond donors (Lipinski definition) is 4. The Balaban J connectivity index is 1.44. The van der Waals surface area contributed by atoms with Gasteiger partial charge < -0.3 is 20.6 Å². The number of ketones is 1. The number of carbonyl (C=O) groups is 3. The van der Waals surface area contributed by atoms with Gasteiger partial charge in [-0.05, 0) is 72.7 Å². The van der Waals surface area contributed by atoms with Crippen molar-refractivity contribution in [1.29, 1.82) is 5.26 Å². The van der Waals surface area contributed by atoms with Gasteiger partial charge >= 0.3 is 5.97 Å². The Morgan fingerprint density at radius 1 is 1.10 bits per heavy atom. The highest BCUT2D eigenvalue weighted by molar-refractivity contribution is 6.30. The fourth-order valence-corrected chi connectivity index (χ4v) is 6.16. The van der Waals surface area contributed by atoms with E-state index < -0.39 is 29.3 Å². The lowest BCUT2D eigenvalue weighted by molar-refractivity contribution is -0.137. The van der Waals surface area contributed by atoms with Gasteiger partial charge in [0.2, 0.25) is 0 Å². The Morgan fingerprint density at radius 3 is 2.52 bits per heavy atom. The Labute approximate surface area is 250 Å². The van der Waals surface area contributed by atoms with Crippen LogP contribution in [-0.2, 0) is 21.4 Å². The van der Waals surface area contributed by atoms with Gasteiger partial charge in [0, 0.05) is 35.1 Å². The number of hydrogen-bond acceptors (Lipinski definition) is 7. The molecule has 42 heavy (non-hydrogen) atoms. The van der Waals surface area contributed by atoms with E-state index in [1.54, 1.807) is 24.3 Å². The van der Waals surface area contributed by atoms with Crippen molar-refractivity contribution in [3.63, 3.8) is 0 Å². The predicted octanol–water partition coefficient (Wildman–Crippen LogP) is 4.86. The highest BCUT2D eigenvalue weighted by Crippen LogP contribution is 2.41. The van der Waals surface area contributed by atoms with Crippen LogP contribution in [0.5, 0.6) is 5.75 Å². The Hall–Kier alpha value is -3.74. The largest absolute Gasteiger partial charge is 0.508 e. The molecule has 0 saturated heterocycles. The molecule has 1 aliphatic carbocycles. The third kappa shape index (κ3) is 8.17. The maximum absolute atomic E-state index is 13.0. The molecule has 2 aromatic rings. The minimum Gasteiger partial charge on any atom is -0.508 e. The zero-order valence-electron chi connectivity index (χ0n) is 23.4. The molecule has 0 aromatic heterocycles. The van der Waals surface area contributed by atoms with Crippen LogP contribution in [0.25, 0.3) is 0 Å². The third-order valence-corrected chi connectivity index (χ3v) is 8.36. The van der Waals surface area contributed by atoms with Gasteiger partial charge in [-0.25, -0.2) is 0 Å². The van der Waals surface area contributed by atoms with Gasteiger partial charge in [-0.15, -0.1) is 0 Å². The summed E-state index contributed by atoms with van der Waals surface area (Å²) in [5, 5.41) is 42.4. The van der Waals surface area contributed by atoms with Crippen molar-refractivity contribution in [3.8, 4) is 11.8 Å². The Morgan fingerprint density at radius 2 is 1.86 bits per heavy atom. The minimum absolute atomic E-state index is 0.0909. The van der Waals surface area contributed by atoms with Crippen molar-refractivity contribution in [2.45, 2.75) is 81.6 Å². The molecule has 4 rings (SSSR count). The number of phenols is 1. The van der Waals surface area contributed by atoms with Gasteiger partial charge in [-0.1, -0.05) is 36.9 Å². The smallest absolute Gasteiger partial charge is 0.303 e. The Kier molecular flexibility index (Phi) is 10.4. The minimum atomic E-state index is -1.07. The number of amides is 1. The molecule has 1 unspecified atom stereocenters. The summed E-state index contributed by atoms with van der Waals surface area (Å²) in [6.45, 7) is 0.0161. The summed E-state index contributed by atoms with van der Waals surface area (Å²) >= 11 is 6.43. The summed E-state index contributed by atoms with van der Waals surface area (Å²) in [6.07, 6.45) is 5.10. The maximum Gasteiger partial charge on any atom is 0.303 e. The lowest BCUT2D eigenvalue weighted by Gasteiger charge is -2.32. The van der Waals surface area contributed by atoms with Crippen molar-refractivity contribution in [2.75, 3.05) is 13.1 Å². The summed E-state index contributed by atoms with van der Waals surface area (Å²) in [4.78, 5) is 41.9. The molecular weight excluding hydrogens is 558 g/mol. The molecule has 0 bridgehead atoms. The number of nitrogens with zero attached hydrogens (tertiary/aromatic N) is 2. The first-order chi connectivity index (χ1) is 20.1. The van der Waals surface area contributed by atoms with Crippen molar-refractivity contribution in [1.82, 2.24) is 5.32 Å². The van der Waals surface area contributed by atoms with E-state index in [9.17, 15) is 35.0 Å². The van der Waals surface area contributed by atoms with Gasteiger partial charge in [-0.3, -0.25) is 19.4 Å². The molecule has 0 radical (unpaired) electrons. The van der Waals surface area contributed by atoms with Crippen LogP contribution in [0.2, 0.25) is 5.02 Å². The zero-order chi connectivity index (χ0) is 30.3. The van der Waals surface area contributed by atoms with Gasteiger partial charge in [0.15, 0.2) is 5.78 Å². The average Bonchev–Trinajstić information content (AvgIpc) is 2.96. The van der Waals surface area contributed by atoms with Crippen molar-refractivity contribution >= 4 is 35.0 Å². The summed E-state index contributed by atoms with van der Waals surface area (Å²) in [5.74, 6) is -2.76. The monoisotopic (exact) mass is 593 g/mol. The molecule has 1 fully saturated rings. The molecule has 1 amide bonds. The average molecular weight is 594 g/mol. The number of rotatable bonds is 11. The quantitative estimate of drug-likeness (QED) is 0.289. The van der Waals surface area contributed by atoms with Gasteiger partial charge in [0.05, 0.1) is 37.1 Å². The van der Waals surface area contributed by atoms with Crippen LogP contribution in [-0.4, -0.2) is 57.9 Å². The molecular formula is C32H36ClN3O6. The van der Waals surface area contributed by atoms with E-state index in [1.165, 1.54) is 6.07 Å². The van der Waals surface area contributed by atoms with Crippen LogP contribution < -0.4 is 5.32 Å². The number of carboxylic acid groups (broad SMARTS) is 1. The van der Waals surface area contributed by atoms with E-state index in [2.05, 4.69) is 16.4 Å². The van der Waals surface area contributed by atoms with Gasteiger partial charge in [0.25, 0.3) is 5.91 Å². The van der Waals surface area contributed by atoms with Crippen LogP contribution in [0.1, 0.15) is 90.8 Å². The topological polar surface area (TPSA) is 160 Å². The number of nitriles is 1. The van der Waals surface area contributed by atoms with Crippen LogP contribution >= 0.6 is 11.6 Å². The number of aliphatic carboxylic acids is 1. The summed E-state index contributed by atoms with van der Waals surface area (Å²) in [6, 6.07) is 12.2. The van der Waals surface area contributed by atoms with E-state index in [-0.39, 0.29) is 36.5 Å². The number of Topliss-reactive ketones (excluding diaryl/α,β-unsaturated/α-hetero) is 1. The van der Waals surface area contributed by atoms with E-state index in [0.717, 1.165) is 30.5 Å². The van der Waals surface area contributed by atoms with Crippen LogP contribution in [0, 0.1) is 11.3 Å². The molecule has 10 heteroatoms. The highest BCUT2D eigenvalue weighted by atomic mass is 35.5. The van der Waals surface area contributed by atoms with E-state index >= 15 is 0 Å². The number of halogens is 1. The third-order valence-electron chi connectivity index (χ3n) is 8.15. The first kappa shape index (κ1) is 31.2. The zero-order valence-corrected chi connectivity index (χ0v) is 24.2. The number of aliphatic hydroxyl groups is 1. The molecule has 1 heterocycles. The van der Waals surface area contributed by atoms with Crippen LogP contribution in [0.3, 0.4) is 0 Å². The van der Waals surface area contributed by atoms with Crippen LogP contribution in [0.4, 0.5) is 0 Å². The number of benzene rings is 2. The number of aliphatic imine (C=N–C) groups is 1. The van der Waals surface area contributed by atoms with Crippen molar-refractivity contribution in [2.24, 2.45) is 4.99 Å². The number of nitrogens with one attached hydrogen (secondary N) is 1. The lowest BCUT2D eigenvalue weighted by Crippen LogP contribution is -2.30. The number of carboxylic acids is 1. The summed E-state index contributed by atoms with van der Waals surface area (Å²) in [7, 11) is 0. The summed E-state index contributed by atoms with van der Waals surface area (Å²) < 4.78 is 0. The maximum atomic E-state index is 13.0. The molecule has 0 spiro atoms. The predicted molar refractivity (Wildman–Crippen MR) is 158 cm³/mol. The highest BCUT2D eigenvalue weighted by Gasteiger charge is 2.35. The van der Waals surface area contributed by atoms with E-state index in [1.807, 2.05) is 6.07 Å². The number of phenolic OH excluding ortho intramolecular Hbond substituents is 1. The molecule has 2 atom stereocenters. The van der Waals surface area contributed by atoms with Crippen LogP contribution in [0.15, 0.2) is 41.4 Å². The second kappa shape index (κ2) is 14.0. The molecule has 1 aliphatic heterocycles. The first-order valence-electron chi connectivity index (χ1n) is 14.3. The van der Waals surface area contributed by atoms with E-state index in [0.29, 0.717) is 54.8 Å². The Bertz CT molecular complexity index is 1410. The fraction of sp³-hybridized carbons (Fsp3) is 0.469. The standard InChI is InChI=1S/C32H36ClN3O6/c33-25-12-21(11-24(16-25)32(19-34)6-2-1-3-7-32)22(15-30(40)41)13-29(39)18-36-31(42)23-8-20(10-28(38)14-23)9-26-4-5-27(37)17-35-26/h8,10-12,14,16,22,27,37-38H,1-7,9,13,15,17-18H2,(H,36,42)(H,40,41)/t22-,27?/m0/s1. The molecule has 2 aliphatic rings. The normalized spacial score (nSPS) is 18.8. The lowest BCUT2D eigenvalue weighted by atomic mass is 9.70. The molecule has 222 valence electrons. The second-order valence-electron chi connectivity index (χ2n) is 11.4. The SMILES string of the molecule is N#CC1(c2cc(Cl)cc([C@H](CC(=O)O)CC(=O)CNC(=O)c3cc(O)cc(CC4=NCC(O)CC4)c3)c2)CCCCC1. The number of aliphatic hydroxyl groups excluding tert-OH is 1. The molecule has 1 saturated carbocycles. The van der Waals surface area contributed by atoms with Crippen molar-refractivity contribution < 1.29 is 29.7 Å². The second-order valence-corrected chi connectivity index (χ2v) is 11.8. The van der Waals surface area contributed by atoms with Gasteiger partial charge in [-0.2, -0.15) is 5.26 Å². The molecule has 9 nitrogen and oxygen atoms in total. The molecule has 4 N–H and O–H groups in total. The number of aromatic hydroxyl groups is 1. The summed E-state index contributed by atoms with van der Waals surface area (Å²) in [5.41, 5.74) is 2.39. The van der Waals surface area contributed by atoms with E-state index in [4.69, 9.17) is 11.6 Å². The number of carbonyl (C=O) groups excluding carboxylic acids is 2. The molecule has 2 aromatic carbocycles. The first-order valence-corrected chi connectivity index (χ1v) is 14.7. The van der Waals surface area contributed by atoms with Gasteiger partial charge in [0.1, 0.15) is 5.75 Å². The van der Waals surface area contributed by atoms with Crippen molar-refractivity contribution in [3.05, 3.63) is 63.7 Å². The fourth-order valence-electron chi connectivity index (χ4n) is 5.92.